The van der Waals surface area contributed by atoms with Crippen LogP contribution < -0.4 is 0 Å². The third-order valence-corrected chi connectivity index (χ3v) is 2.47. The molecule has 0 spiro atoms. The van der Waals surface area contributed by atoms with E-state index in [9.17, 15) is 9.59 Å². The summed E-state index contributed by atoms with van der Waals surface area (Å²) >= 11 is 0. The minimum Gasteiger partial charge on any atom is -0.465 e. The highest BCUT2D eigenvalue weighted by atomic mass is 16.5. The van der Waals surface area contributed by atoms with E-state index in [0.717, 1.165) is 5.57 Å². The zero-order chi connectivity index (χ0) is 10.0. The van der Waals surface area contributed by atoms with Gasteiger partial charge in [-0.3, -0.25) is 9.59 Å². The highest BCUT2D eigenvalue weighted by Crippen LogP contribution is 2.28. The van der Waals surface area contributed by atoms with Crippen molar-refractivity contribution in [1.29, 1.82) is 0 Å². The van der Waals surface area contributed by atoms with Crippen LogP contribution in [0.3, 0.4) is 0 Å². The number of rotatable bonds is 2. The van der Waals surface area contributed by atoms with Crippen molar-refractivity contribution in [3.05, 3.63) is 11.6 Å². The van der Waals surface area contributed by atoms with Crippen molar-refractivity contribution in [2.24, 2.45) is 11.8 Å². The van der Waals surface area contributed by atoms with Crippen molar-refractivity contribution in [2.45, 2.75) is 20.8 Å². The monoisotopic (exact) mass is 182 g/mol. The number of ether oxygens (including phenoxy) is 1. The van der Waals surface area contributed by atoms with E-state index < -0.39 is 0 Å². The lowest BCUT2D eigenvalue weighted by Crippen LogP contribution is -2.20. The zero-order valence-corrected chi connectivity index (χ0v) is 8.16. The second-order valence-corrected chi connectivity index (χ2v) is 3.49. The summed E-state index contributed by atoms with van der Waals surface area (Å²) < 4.78 is 4.88. The molecule has 0 aromatic rings. The lowest BCUT2D eigenvalue weighted by atomic mass is 9.94. The number of ketones is 1. The zero-order valence-electron chi connectivity index (χ0n) is 8.16. The maximum absolute atomic E-state index is 11.2. The molecule has 0 saturated heterocycles. The van der Waals surface area contributed by atoms with E-state index in [-0.39, 0.29) is 23.6 Å². The molecule has 1 aliphatic rings. The maximum atomic E-state index is 11.2. The summed E-state index contributed by atoms with van der Waals surface area (Å²) in [5.74, 6) is -0.121. The first-order valence-corrected chi connectivity index (χ1v) is 4.37. The van der Waals surface area contributed by atoms with Crippen molar-refractivity contribution in [2.75, 3.05) is 6.61 Å². The van der Waals surface area contributed by atoms with Gasteiger partial charge in [0.1, 0.15) is 0 Å². The predicted molar refractivity (Wildman–Crippen MR) is 48.1 cm³/mol. The summed E-state index contributed by atoms with van der Waals surface area (Å²) in [5.41, 5.74) is 1.01. The van der Waals surface area contributed by atoms with Gasteiger partial charge in [0.05, 0.1) is 6.61 Å². The van der Waals surface area contributed by atoms with E-state index in [1.165, 1.54) is 6.92 Å². The van der Waals surface area contributed by atoms with Crippen LogP contribution in [0, 0.1) is 11.8 Å². The molecule has 72 valence electrons. The van der Waals surface area contributed by atoms with Crippen molar-refractivity contribution in [3.63, 3.8) is 0 Å². The van der Waals surface area contributed by atoms with Crippen LogP contribution >= 0.6 is 0 Å². The third-order valence-electron chi connectivity index (χ3n) is 2.47. The molecule has 0 aliphatic heterocycles. The molecule has 1 rings (SSSR count). The van der Waals surface area contributed by atoms with Crippen LogP contribution in [-0.2, 0) is 14.3 Å². The van der Waals surface area contributed by atoms with E-state index >= 15 is 0 Å². The Hall–Kier alpha value is -1.12. The summed E-state index contributed by atoms with van der Waals surface area (Å²) in [5, 5.41) is 0. The fraction of sp³-hybridized carbons (Fsp3) is 0.600. The summed E-state index contributed by atoms with van der Waals surface area (Å²) in [6.45, 7) is 5.46. The number of hydrogen-bond donors (Lipinski definition) is 0. The van der Waals surface area contributed by atoms with Crippen molar-refractivity contribution in [1.82, 2.24) is 0 Å². The van der Waals surface area contributed by atoms with Crippen LogP contribution in [0.25, 0.3) is 0 Å². The lowest BCUT2D eigenvalue weighted by molar-refractivity contribution is -0.142. The SMILES string of the molecule is CC(=O)OCC1C(C)=CC(=O)C1C. The molecule has 3 nitrogen and oxygen atoms in total. The number of carbonyl (C=O) groups is 2. The quantitative estimate of drug-likeness (QED) is 0.605. The molecule has 0 amide bonds. The first-order valence-electron chi connectivity index (χ1n) is 4.37. The van der Waals surface area contributed by atoms with Gasteiger partial charge in [0.2, 0.25) is 0 Å². The van der Waals surface area contributed by atoms with Gasteiger partial charge in [-0.15, -0.1) is 0 Å². The largest absolute Gasteiger partial charge is 0.465 e. The van der Waals surface area contributed by atoms with E-state index in [2.05, 4.69) is 0 Å². The molecule has 2 atom stereocenters. The molecule has 2 unspecified atom stereocenters. The standard InChI is InChI=1S/C10H14O3/c1-6-4-10(12)7(2)9(6)5-13-8(3)11/h4,7,9H,5H2,1-3H3. The Balaban J connectivity index is 2.56. The molecule has 0 bridgehead atoms. The molecule has 0 heterocycles. The first kappa shape index (κ1) is 9.96. The molecular formula is C10H14O3. The van der Waals surface area contributed by atoms with Gasteiger partial charge in [0, 0.05) is 18.8 Å². The van der Waals surface area contributed by atoms with Crippen molar-refractivity contribution in [3.8, 4) is 0 Å². The summed E-state index contributed by atoms with van der Waals surface area (Å²) in [4.78, 5) is 21.8. The van der Waals surface area contributed by atoms with Crippen LogP contribution in [0.2, 0.25) is 0 Å². The Labute approximate surface area is 77.8 Å². The van der Waals surface area contributed by atoms with Gasteiger partial charge >= 0.3 is 5.97 Å². The minimum absolute atomic E-state index is 0.0423. The van der Waals surface area contributed by atoms with Gasteiger partial charge in [-0.2, -0.15) is 0 Å². The molecule has 1 aliphatic carbocycles. The van der Waals surface area contributed by atoms with E-state index in [1.807, 2.05) is 13.8 Å². The van der Waals surface area contributed by atoms with Crippen LogP contribution in [0.4, 0.5) is 0 Å². The Bertz CT molecular complexity index is 265. The molecule has 3 heteroatoms. The van der Waals surface area contributed by atoms with Crippen LogP contribution in [0.15, 0.2) is 11.6 Å². The normalized spacial score (nSPS) is 27.3. The van der Waals surface area contributed by atoms with Crippen LogP contribution in [-0.4, -0.2) is 18.4 Å². The highest BCUT2D eigenvalue weighted by molar-refractivity contribution is 5.95. The predicted octanol–water partition coefficient (Wildman–Crippen LogP) is 1.33. The van der Waals surface area contributed by atoms with Gasteiger partial charge in [-0.25, -0.2) is 0 Å². The summed E-state index contributed by atoms with van der Waals surface area (Å²) in [6, 6.07) is 0. The van der Waals surface area contributed by atoms with Gasteiger partial charge in [0.25, 0.3) is 0 Å². The molecule has 0 N–H and O–H groups in total. The van der Waals surface area contributed by atoms with E-state index in [0.29, 0.717) is 6.61 Å². The Morgan fingerprint density at radius 3 is 2.62 bits per heavy atom. The maximum Gasteiger partial charge on any atom is 0.302 e. The summed E-state index contributed by atoms with van der Waals surface area (Å²) in [7, 11) is 0. The molecule has 0 aromatic heterocycles. The third kappa shape index (κ3) is 2.17. The van der Waals surface area contributed by atoms with Crippen molar-refractivity contribution < 1.29 is 14.3 Å². The Kier molecular flexibility index (Phi) is 2.86. The molecule has 0 saturated carbocycles. The Morgan fingerprint density at radius 2 is 2.23 bits per heavy atom. The first-order chi connectivity index (χ1) is 6.02. The molecular weight excluding hydrogens is 168 g/mol. The van der Waals surface area contributed by atoms with E-state index in [1.54, 1.807) is 6.08 Å². The molecule has 0 radical (unpaired) electrons. The van der Waals surface area contributed by atoms with Crippen molar-refractivity contribution >= 4 is 11.8 Å². The van der Waals surface area contributed by atoms with Crippen LogP contribution in [0.1, 0.15) is 20.8 Å². The molecule has 13 heavy (non-hydrogen) atoms. The average molecular weight is 182 g/mol. The number of esters is 1. The van der Waals surface area contributed by atoms with Crippen LogP contribution in [0.5, 0.6) is 0 Å². The Morgan fingerprint density at radius 1 is 1.62 bits per heavy atom. The molecule has 0 aromatic carbocycles. The number of carbonyl (C=O) groups excluding carboxylic acids is 2. The fourth-order valence-electron chi connectivity index (χ4n) is 1.54. The number of allylic oxidation sites excluding steroid dienone is 1. The van der Waals surface area contributed by atoms with Gasteiger partial charge in [-0.1, -0.05) is 12.5 Å². The topological polar surface area (TPSA) is 43.4 Å². The van der Waals surface area contributed by atoms with Gasteiger partial charge in [0.15, 0.2) is 5.78 Å². The fourth-order valence-corrected chi connectivity index (χ4v) is 1.54. The highest BCUT2D eigenvalue weighted by Gasteiger charge is 2.30. The van der Waals surface area contributed by atoms with E-state index in [4.69, 9.17) is 4.74 Å². The summed E-state index contributed by atoms with van der Waals surface area (Å²) in [6.07, 6.45) is 1.64. The average Bonchev–Trinajstić information content (AvgIpc) is 2.24. The number of hydrogen-bond acceptors (Lipinski definition) is 3. The smallest absolute Gasteiger partial charge is 0.302 e. The second kappa shape index (κ2) is 3.73. The lowest BCUT2D eigenvalue weighted by Gasteiger charge is -2.15. The van der Waals surface area contributed by atoms with Gasteiger partial charge in [-0.05, 0) is 13.0 Å². The minimum atomic E-state index is -0.292. The van der Waals surface area contributed by atoms with Gasteiger partial charge < -0.3 is 4.74 Å². The molecule has 0 fully saturated rings. The second-order valence-electron chi connectivity index (χ2n) is 3.49.